The van der Waals surface area contributed by atoms with E-state index in [0.29, 0.717) is 11.8 Å². The van der Waals surface area contributed by atoms with Gasteiger partial charge in [-0.1, -0.05) is 0 Å². The molecule has 3 atom stereocenters. The molecule has 1 saturated heterocycles. The average molecular weight is 164 g/mol. The summed E-state index contributed by atoms with van der Waals surface area (Å²) in [4.78, 5) is 10.3. The standard InChI is InChI=1S/C6H9NO2.ClH/c8-6(9)5-3-1-7-2-4(3)5;/h3-5,7H,1-2H2,(H,8,9);1H/t3-,4+,5+;. The first-order chi connectivity index (χ1) is 4.30. The fraction of sp³-hybridized carbons (Fsp3) is 0.833. The van der Waals surface area contributed by atoms with E-state index in [1.807, 2.05) is 0 Å². The Bertz CT molecular complexity index is 152. The molecule has 1 heterocycles. The second-order valence-corrected chi connectivity index (χ2v) is 2.85. The lowest BCUT2D eigenvalue weighted by molar-refractivity contribution is -0.139. The smallest absolute Gasteiger partial charge is 0.307 e. The van der Waals surface area contributed by atoms with Gasteiger partial charge in [-0.2, -0.15) is 0 Å². The number of rotatable bonds is 1. The van der Waals surface area contributed by atoms with E-state index < -0.39 is 5.97 Å². The number of carbonyl (C=O) groups is 1. The third-order valence-electron chi connectivity index (χ3n) is 2.38. The molecule has 4 heteroatoms. The Morgan fingerprint density at radius 2 is 1.90 bits per heavy atom. The number of halogens is 1. The fourth-order valence-corrected chi connectivity index (χ4v) is 1.78. The third-order valence-corrected chi connectivity index (χ3v) is 2.38. The second-order valence-electron chi connectivity index (χ2n) is 2.85. The lowest BCUT2D eigenvalue weighted by atomic mass is 10.3. The Balaban J connectivity index is 0.000000500. The highest BCUT2D eigenvalue weighted by atomic mass is 35.5. The van der Waals surface area contributed by atoms with E-state index in [2.05, 4.69) is 5.32 Å². The van der Waals surface area contributed by atoms with Gasteiger partial charge in [-0.05, 0) is 24.9 Å². The summed E-state index contributed by atoms with van der Waals surface area (Å²) in [6, 6.07) is 0. The second kappa shape index (κ2) is 2.40. The van der Waals surface area contributed by atoms with E-state index in [1.165, 1.54) is 0 Å². The van der Waals surface area contributed by atoms with Crippen LogP contribution in [-0.4, -0.2) is 24.2 Å². The van der Waals surface area contributed by atoms with Gasteiger partial charge in [0.25, 0.3) is 0 Å². The van der Waals surface area contributed by atoms with Crippen LogP contribution in [0, 0.1) is 17.8 Å². The van der Waals surface area contributed by atoms with Crippen LogP contribution in [0.5, 0.6) is 0 Å². The van der Waals surface area contributed by atoms with Crippen molar-refractivity contribution in [1.82, 2.24) is 5.32 Å². The van der Waals surface area contributed by atoms with Crippen molar-refractivity contribution in [2.45, 2.75) is 0 Å². The maximum atomic E-state index is 10.3. The van der Waals surface area contributed by atoms with Crippen LogP contribution in [0.25, 0.3) is 0 Å². The molecule has 2 rings (SSSR count). The van der Waals surface area contributed by atoms with Gasteiger partial charge in [0, 0.05) is 0 Å². The molecule has 0 spiro atoms. The molecule has 0 bridgehead atoms. The molecule has 0 amide bonds. The summed E-state index contributed by atoms with van der Waals surface area (Å²) in [5.41, 5.74) is 0. The number of hydrogen-bond donors (Lipinski definition) is 2. The highest BCUT2D eigenvalue weighted by Gasteiger charge is 2.57. The zero-order valence-corrected chi connectivity index (χ0v) is 6.23. The molecule has 0 aromatic rings. The first-order valence-electron chi connectivity index (χ1n) is 3.24. The molecule has 1 aliphatic carbocycles. The molecule has 0 unspecified atom stereocenters. The van der Waals surface area contributed by atoms with Gasteiger partial charge in [-0.3, -0.25) is 4.79 Å². The normalized spacial score (nSPS) is 41.8. The lowest BCUT2D eigenvalue weighted by Crippen LogP contribution is -2.18. The van der Waals surface area contributed by atoms with E-state index in [9.17, 15) is 4.79 Å². The summed E-state index contributed by atoms with van der Waals surface area (Å²) in [6.45, 7) is 1.84. The van der Waals surface area contributed by atoms with Gasteiger partial charge in [-0.25, -0.2) is 0 Å². The number of nitrogens with one attached hydrogen (secondary N) is 1. The van der Waals surface area contributed by atoms with Crippen LogP contribution in [0.1, 0.15) is 0 Å². The van der Waals surface area contributed by atoms with E-state index in [-0.39, 0.29) is 18.3 Å². The van der Waals surface area contributed by atoms with Crippen molar-refractivity contribution in [3.05, 3.63) is 0 Å². The van der Waals surface area contributed by atoms with Gasteiger partial charge >= 0.3 is 5.97 Å². The number of hydrogen-bond acceptors (Lipinski definition) is 2. The van der Waals surface area contributed by atoms with Crippen molar-refractivity contribution in [1.29, 1.82) is 0 Å². The highest BCUT2D eigenvalue weighted by molar-refractivity contribution is 5.85. The first-order valence-corrected chi connectivity index (χ1v) is 3.24. The molecule has 2 fully saturated rings. The summed E-state index contributed by atoms with van der Waals surface area (Å²) in [7, 11) is 0. The van der Waals surface area contributed by atoms with Crippen LogP contribution in [-0.2, 0) is 4.79 Å². The van der Waals surface area contributed by atoms with Gasteiger partial charge in [-0.15, -0.1) is 12.4 Å². The molecule has 1 aliphatic heterocycles. The Morgan fingerprint density at radius 3 is 2.20 bits per heavy atom. The molecular formula is C6H10ClNO2. The minimum absolute atomic E-state index is 0. The molecule has 58 valence electrons. The van der Waals surface area contributed by atoms with Crippen LogP contribution in [0.2, 0.25) is 0 Å². The fourth-order valence-electron chi connectivity index (χ4n) is 1.78. The maximum Gasteiger partial charge on any atom is 0.307 e. The highest BCUT2D eigenvalue weighted by Crippen LogP contribution is 2.48. The summed E-state index contributed by atoms with van der Waals surface area (Å²) >= 11 is 0. The third kappa shape index (κ3) is 0.896. The summed E-state index contributed by atoms with van der Waals surface area (Å²) in [5, 5.41) is 11.7. The quantitative estimate of drug-likeness (QED) is 0.570. The molecule has 10 heavy (non-hydrogen) atoms. The Morgan fingerprint density at radius 1 is 1.40 bits per heavy atom. The van der Waals surface area contributed by atoms with Crippen molar-refractivity contribution in [3.63, 3.8) is 0 Å². The molecule has 0 aromatic carbocycles. The summed E-state index contributed by atoms with van der Waals surface area (Å²) < 4.78 is 0. The zero-order chi connectivity index (χ0) is 6.43. The molecule has 2 N–H and O–H groups in total. The summed E-state index contributed by atoms with van der Waals surface area (Å²) in [5.74, 6) is 0.308. The van der Waals surface area contributed by atoms with Crippen molar-refractivity contribution in [2.75, 3.05) is 13.1 Å². The summed E-state index contributed by atoms with van der Waals surface area (Å²) in [6.07, 6.45) is 0. The number of aliphatic carboxylic acids is 1. The number of carboxylic acid groups (broad SMARTS) is 1. The Hall–Kier alpha value is -0.280. The minimum Gasteiger partial charge on any atom is -0.481 e. The Labute approximate surface area is 65.2 Å². The minimum atomic E-state index is -0.605. The predicted molar refractivity (Wildman–Crippen MR) is 38.2 cm³/mol. The van der Waals surface area contributed by atoms with Crippen molar-refractivity contribution in [2.24, 2.45) is 17.8 Å². The van der Waals surface area contributed by atoms with Crippen molar-refractivity contribution in [3.8, 4) is 0 Å². The monoisotopic (exact) mass is 163 g/mol. The molecule has 2 aliphatic rings. The molecule has 1 saturated carbocycles. The number of carboxylic acids is 1. The van der Waals surface area contributed by atoms with Crippen molar-refractivity contribution >= 4 is 18.4 Å². The molecule has 3 nitrogen and oxygen atoms in total. The van der Waals surface area contributed by atoms with E-state index in [1.54, 1.807) is 0 Å². The van der Waals surface area contributed by atoms with Gasteiger partial charge in [0.2, 0.25) is 0 Å². The SMILES string of the molecule is Cl.O=C(O)[C@H]1[C@@H]2CNC[C@@H]21. The molecule has 0 radical (unpaired) electrons. The van der Waals surface area contributed by atoms with Crippen LogP contribution in [0.15, 0.2) is 0 Å². The van der Waals surface area contributed by atoms with Crippen LogP contribution in [0.4, 0.5) is 0 Å². The molecular weight excluding hydrogens is 154 g/mol. The number of piperidine rings is 1. The van der Waals surface area contributed by atoms with Crippen LogP contribution >= 0.6 is 12.4 Å². The van der Waals surface area contributed by atoms with Crippen LogP contribution in [0.3, 0.4) is 0 Å². The topological polar surface area (TPSA) is 49.3 Å². The van der Waals surface area contributed by atoms with Gasteiger partial charge in [0.1, 0.15) is 0 Å². The molecule has 0 aromatic heterocycles. The lowest BCUT2D eigenvalue weighted by Gasteiger charge is -1.96. The number of fused-ring (bicyclic) bond motifs is 1. The van der Waals surface area contributed by atoms with E-state index >= 15 is 0 Å². The average Bonchev–Trinajstić information content (AvgIpc) is 2.30. The van der Waals surface area contributed by atoms with E-state index in [0.717, 1.165) is 13.1 Å². The van der Waals surface area contributed by atoms with E-state index in [4.69, 9.17) is 5.11 Å². The predicted octanol–water partition coefficient (Wildman–Crippen LogP) is -0.0418. The van der Waals surface area contributed by atoms with Crippen LogP contribution < -0.4 is 5.32 Å². The maximum absolute atomic E-state index is 10.3. The Kier molecular flexibility index (Phi) is 1.88. The largest absolute Gasteiger partial charge is 0.481 e. The van der Waals surface area contributed by atoms with Gasteiger partial charge in [0.05, 0.1) is 5.92 Å². The first kappa shape index (κ1) is 7.82. The van der Waals surface area contributed by atoms with Gasteiger partial charge in [0.15, 0.2) is 0 Å². The zero-order valence-electron chi connectivity index (χ0n) is 5.41. The van der Waals surface area contributed by atoms with Crippen molar-refractivity contribution < 1.29 is 9.90 Å². The van der Waals surface area contributed by atoms with Gasteiger partial charge < -0.3 is 10.4 Å².